The Bertz CT molecular complexity index is 23.0. The summed E-state index contributed by atoms with van der Waals surface area (Å²) in [5, 5.41) is 0. The highest BCUT2D eigenvalue weighted by Gasteiger charge is 1.75. The molecule has 0 saturated carbocycles. The molecular formula is C4H8. The largest absolute Gasteiger partial charge is 0.0844 e. The molecule has 1 rings (SSSR count). The average Bonchev–Trinajstić information content (AvgIpc) is 1.46. The van der Waals surface area contributed by atoms with Crippen LogP contribution >= 0.6 is 0 Å². The molecule has 0 aliphatic heterocycles. The van der Waals surface area contributed by atoms with Gasteiger partial charge in [0.05, 0.1) is 0 Å². The van der Waals surface area contributed by atoms with Crippen LogP contribution in [-0.2, 0) is 0 Å². The van der Waals surface area contributed by atoms with Crippen LogP contribution in [0.3, 0.4) is 0 Å². The molecule has 1 aliphatic carbocycles. The summed E-state index contributed by atoms with van der Waals surface area (Å²) < 4.78 is 0. The fourth-order valence-corrected chi connectivity index (χ4v) is 0. The Hall–Kier alpha value is -0.260. The molecule has 0 spiro atoms. The van der Waals surface area contributed by atoms with Crippen LogP contribution in [0.1, 0.15) is 13.8 Å². The van der Waals surface area contributed by atoms with E-state index in [4.69, 9.17) is 0 Å². The van der Waals surface area contributed by atoms with Crippen molar-refractivity contribution in [1.82, 2.24) is 0 Å². The SMILES string of the molecule is C.C1=CC1. The minimum Gasteiger partial charge on any atom is -0.0844 e. The van der Waals surface area contributed by atoms with Gasteiger partial charge < -0.3 is 0 Å². The van der Waals surface area contributed by atoms with Gasteiger partial charge in [0.15, 0.2) is 0 Å². The molecular weight excluding hydrogens is 48.0 g/mol. The standard InChI is InChI=1S/C3H4.CH4/c1-2-3-1;/h1-2H,3H2;1H4. The fraction of sp³-hybridized carbons (Fsp3) is 0.500. The first kappa shape index (κ1) is 3.74. The van der Waals surface area contributed by atoms with E-state index < -0.39 is 0 Å². The first-order valence-corrected chi connectivity index (χ1v) is 1.15. The van der Waals surface area contributed by atoms with Crippen LogP contribution in [0.25, 0.3) is 0 Å². The zero-order chi connectivity index (χ0) is 2.12. The molecule has 0 unspecified atom stereocenters. The smallest absolute Gasteiger partial charge is 0.0169 e. The summed E-state index contributed by atoms with van der Waals surface area (Å²) in [5.41, 5.74) is 0. The van der Waals surface area contributed by atoms with Gasteiger partial charge in [-0.3, -0.25) is 0 Å². The van der Waals surface area contributed by atoms with Gasteiger partial charge in [-0.15, -0.1) is 0 Å². The lowest BCUT2D eigenvalue weighted by Crippen LogP contribution is -0.956. The summed E-state index contributed by atoms with van der Waals surface area (Å²) in [6.07, 6.45) is 5.50. The van der Waals surface area contributed by atoms with Gasteiger partial charge in [-0.05, 0) is 6.42 Å². The fourth-order valence-electron chi connectivity index (χ4n) is 0. The van der Waals surface area contributed by atoms with Crippen LogP contribution in [-0.4, -0.2) is 0 Å². The highest BCUT2D eigenvalue weighted by Crippen LogP contribution is 1.96. The molecule has 0 fully saturated rings. The third-order valence-corrected chi connectivity index (χ3v) is 0.236. The predicted molar refractivity (Wildman–Crippen MR) is 20.5 cm³/mol. The van der Waals surface area contributed by atoms with E-state index in [0.29, 0.717) is 0 Å². The summed E-state index contributed by atoms with van der Waals surface area (Å²) in [7, 11) is 0. The van der Waals surface area contributed by atoms with E-state index in [0.717, 1.165) is 0 Å². The molecule has 0 amide bonds. The zero-order valence-corrected chi connectivity index (χ0v) is 1.86. The quantitative estimate of drug-likeness (QED) is 0.370. The molecule has 0 aromatic heterocycles. The summed E-state index contributed by atoms with van der Waals surface area (Å²) in [5.74, 6) is 0. The molecule has 24 valence electrons. The van der Waals surface area contributed by atoms with Crippen LogP contribution in [0.2, 0.25) is 0 Å². The molecule has 0 aromatic carbocycles. The van der Waals surface area contributed by atoms with Crippen LogP contribution in [0.4, 0.5) is 0 Å². The third-order valence-electron chi connectivity index (χ3n) is 0.236. The van der Waals surface area contributed by atoms with Crippen LogP contribution in [0.15, 0.2) is 12.2 Å². The molecule has 0 saturated heterocycles. The molecule has 0 atom stereocenters. The van der Waals surface area contributed by atoms with E-state index in [-0.39, 0.29) is 7.43 Å². The van der Waals surface area contributed by atoms with Crippen molar-refractivity contribution >= 4 is 0 Å². The summed E-state index contributed by atoms with van der Waals surface area (Å²) in [6.45, 7) is 0. The van der Waals surface area contributed by atoms with Crippen molar-refractivity contribution in [3.8, 4) is 0 Å². The summed E-state index contributed by atoms with van der Waals surface area (Å²) in [6, 6.07) is 0. The maximum Gasteiger partial charge on any atom is -0.0169 e. The molecule has 4 heavy (non-hydrogen) atoms. The Labute approximate surface area is 27.1 Å². The Kier molecular flexibility index (Phi) is 1.03. The minimum absolute atomic E-state index is 0. The van der Waals surface area contributed by atoms with E-state index in [9.17, 15) is 0 Å². The Morgan fingerprint density at radius 2 is 1.50 bits per heavy atom. The van der Waals surface area contributed by atoms with Crippen molar-refractivity contribution in [3.63, 3.8) is 0 Å². The average molecular weight is 56.1 g/mol. The lowest BCUT2D eigenvalue weighted by atomic mass is 10.9. The second-order valence-electron chi connectivity index (χ2n) is 0.707. The molecule has 0 heterocycles. The highest BCUT2D eigenvalue weighted by molar-refractivity contribution is 5.02. The molecule has 0 nitrogen and oxygen atoms in total. The van der Waals surface area contributed by atoms with Crippen molar-refractivity contribution < 1.29 is 0 Å². The van der Waals surface area contributed by atoms with Gasteiger partial charge in [0.1, 0.15) is 0 Å². The minimum atomic E-state index is 0. The molecule has 0 heteroatoms. The van der Waals surface area contributed by atoms with Crippen LogP contribution < -0.4 is 0 Å². The van der Waals surface area contributed by atoms with Crippen LogP contribution in [0, 0.1) is 0 Å². The number of allylic oxidation sites excluding steroid dienone is 2. The first-order chi connectivity index (χ1) is 1.50. The van der Waals surface area contributed by atoms with Gasteiger partial charge in [-0.25, -0.2) is 0 Å². The lowest BCUT2D eigenvalue weighted by molar-refractivity contribution is 1.71. The van der Waals surface area contributed by atoms with E-state index in [1.165, 1.54) is 6.42 Å². The second-order valence-corrected chi connectivity index (χ2v) is 0.707. The Morgan fingerprint density at radius 3 is 1.50 bits per heavy atom. The number of rotatable bonds is 0. The maximum atomic E-state index is 2.12. The molecule has 0 radical (unpaired) electrons. The van der Waals surface area contributed by atoms with Gasteiger partial charge in [0, 0.05) is 0 Å². The van der Waals surface area contributed by atoms with Gasteiger partial charge in [0.25, 0.3) is 0 Å². The van der Waals surface area contributed by atoms with E-state index in [1.807, 2.05) is 0 Å². The third kappa shape index (κ3) is 1.74. The molecule has 0 aromatic rings. The van der Waals surface area contributed by atoms with Crippen LogP contribution in [0.5, 0.6) is 0 Å². The maximum absolute atomic E-state index is 2.12. The van der Waals surface area contributed by atoms with Gasteiger partial charge in [-0.2, -0.15) is 0 Å². The summed E-state index contributed by atoms with van der Waals surface area (Å²) >= 11 is 0. The Morgan fingerprint density at radius 1 is 1.25 bits per heavy atom. The highest BCUT2D eigenvalue weighted by atomic mass is 13.8. The van der Waals surface area contributed by atoms with E-state index in [2.05, 4.69) is 12.2 Å². The van der Waals surface area contributed by atoms with Gasteiger partial charge in [-0.1, -0.05) is 19.6 Å². The lowest BCUT2D eigenvalue weighted by Gasteiger charge is -1.15. The van der Waals surface area contributed by atoms with E-state index >= 15 is 0 Å². The zero-order valence-electron chi connectivity index (χ0n) is 1.86. The van der Waals surface area contributed by atoms with Gasteiger partial charge >= 0.3 is 0 Å². The van der Waals surface area contributed by atoms with Crippen molar-refractivity contribution in [2.45, 2.75) is 13.8 Å². The molecule has 1 aliphatic rings. The van der Waals surface area contributed by atoms with E-state index in [1.54, 1.807) is 0 Å². The van der Waals surface area contributed by atoms with Crippen molar-refractivity contribution in [3.05, 3.63) is 12.2 Å². The number of hydrogen-bond acceptors (Lipinski definition) is 0. The van der Waals surface area contributed by atoms with Crippen molar-refractivity contribution in [2.24, 2.45) is 0 Å². The topological polar surface area (TPSA) is 0 Å². The monoisotopic (exact) mass is 56.1 g/mol. The Balaban J connectivity index is 0.0000000900. The predicted octanol–water partition coefficient (Wildman–Crippen LogP) is 1.58. The second kappa shape index (κ2) is 1.10. The number of hydrogen-bond donors (Lipinski definition) is 0. The van der Waals surface area contributed by atoms with Gasteiger partial charge in [0.2, 0.25) is 0 Å². The molecule has 0 bridgehead atoms. The van der Waals surface area contributed by atoms with Crippen molar-refractivity contribution in [1.29, 1.82) is 0 Å². The normalized spacial score (nSPS) is 14.0. The molecule has 0 N–H and O–H groups in total. The first-order valence-electron chi connectivity index (χ1n) is 1.15. The summed E-state index contributed by atoms with van der Waals surface area (Å²) in [4.78, 5) is 0. The van der Waals surface area contributed by atoms with Crippen molar-refractivity contribution in [2.75, 3.05) is 0 Å².